The first-order valence-electron chi connectivity index (χ1n) is 7.63. The van der Waals surface area contributed by atoms with Gasteiger partial charge in [0.25, 0.3) is 0 Å². The van der Waals surface area contributed by atoms with Crippen LogP contribution in [0.4, 0.5) is 0 Å². The van der Waals surface area contributed by atoms with E-state index in [4.69, 9.17) is 0 Å². The van der Waals surface area contributed by atoms with Gasteiger partial charge in [-0.25, -0.2) is 0 Å². The molecule has 0 aromatic heterocycles. The van der Waals surface area contributed by atoms with Gasteiger partial charge in [0.2, 0.25) is 5.91 Å². The molecule has 0 radical (unpaired) electrons. The Labute approximate surface area is 134 Å². The maximum absolute atomic E-state index is 12.3. The molecule has 1 aromatic rings. The Morgan fingerprint density at radius 3 is 2.48 bits per heavy atom. The van der Waals surface area contributed by atoms with Crippen LogP contribution in [0.1, 0.15) is 38.7 Å². The minimum atomic E-state index is -0.141. The molecule has 1 saturated heterocycles. The number of rotatable bonds is 5. The van der Waals surface area contributed by atoms with Crippen LogP contribution in [0, 0.1) is 5.92 Å². The van der Waals surface area contributed by atoms with Crippen LogP contribution >= 0.6 is 12.4 Å². The van der Waals surface area contributed by atoms with Gasteiger partial charge in [-0.2, -0.15) is 0 Å². The standard InChI is InChI=1S/C17H26N2O.ClH/c1-17(2,11-8-14-6-4-3-5-7-14)19-16(20)15-9-12-18-13-10-15;/h3-7,15,18H,8-13H2,1-2H3,(H,19,20);1H. The monoisotopic (exact) mass is 310 g/mol. The van der Waals surface area contributed by atoms with Crippen molar-refractivity contribution in [1.82, 2.24) is 10.6 Å². The Balaban J connectivity index is 0.00000220. The smallest absolute Gasteiger partial charge is 0.223 e. The lowest BCUT2D eigenvalue weighted by Gasteiger charge is -2.30. The molecule has 2 N–H and O–H groups in total. The van der Waals surface area contributed by atoms with E-state index >= 15 is 0 Å². The van der Waals surface area contributed by atoms with Crippen molar-refractivity contribution >= 4 is 18.3 Å². The molecule has 0 bridgehead atoms. The van der Waals surface area contributed by atoms with Crippen LogP contribution in [-0.4, -0.2) is 24.5 Å². The fraction of sp³-hybridized carbons (Fsp3) is 0.588. The minimum Gasteiger partial charge on any atom is -0.351 e. The first-order chi connectivity index (χ1) is 9.57. The van der Waals surface area contributed by atoms with Gasteiger partial charge in [-0.1, -0.05) is 30.3 Å². The number of piperidine rings is 1. The molecule has 0 saturated carbocycles. The molecule has 0 spiro atoms. The minimum absolute atomic E-state index is 0. The summed E-state index contributed by atoms with van der Waals surface area (Å²) in [5, 5.41) is 6.53. The predicted molar refractivity (Wildman–Crippen MR) is 89.8 cm³/mol. The zero-order chi connectivity index (χ0) is 14.4. The molecule has 1 fully saturated rings. The van der Waals surface area contributed by atoms with Crippen molar-refractivity contribution in [3.8, 4) is 0 Å². The number of carbonyl (C=O) groups is 1. The highest BCUT2D eigenvalue weighted by atomic mass is 35.5. The van der Waals surface area contributed by atoms with Gasteiger partial charge < -0.3 is 10.6 Å². The number of hydrogen-bond acceptors (Lipinski definition) is 2. The summed E-state index contributed by atoms with van der Waals surface area (Å²) < 4.78 is 0. The first kappa shape index (κ1) is 18.0. The highest BCUT2D eigenvalue weighted by molar-refractivity contribution is 5.85. The number of hydrogen-bond donors (Lipinski definition) is 2. The average molecular weight is 311 g/mol. The van der Waals surface area contributed by atoms with Crippen molar-refractivity contribution in [2.24, 2.45) is 5.92 Å². The normalized spacial score (nSPS) is 16.1. The summed E-state index contributed by atoms with van der Waals surface area (Å²) in [4.78, 5) is 12.3. The number of aryl methyl sites for hydroxylation is 1. The van der Waals surface area contributed by atoms with E-state index in [1.165, 1.54) is 5.56 Å². The molecule has 1 aliphatic rings. The lowest BCUT2D eigenvalue weighted by Crippen LogP contribution is -2.48. The molecular formula is C17H27ClN2O. The van der Waals surface area contributed by atoms with E-state index in [1.54, 1.807) is 0 Å². The van der Waals surface area contributed by atoms with Crippen LogP contribution in [0.2, 0.25) is 0 Å². The summed E-state index contributed by atoms with van der Waals surface area (Å²) >= 11 is 0. The third-order valence-corrected chi connectivity index (χ3v) is 4.05. The lowest BCUT2D eigenvalue weighted by molar-refractivity contribution is -0.127. The Hall–Kier alpha value is -1.06. The molecule has 4 heteroatoms. The van der Waals surface area contributed by atoms with E-state index in [0.717, 1.165) is 38.8 Å². The lowest BCUT2D eigenvalue weighted by atomic mass is 9.92. The van der Waals surface area contributed by atoms with Gasteiger partial charge in [-0.05, 0) is 58.2 Å². The topological polar surface area (TPSA) is 41.1 Å². The Bertz CT molecular complexity index is 428. The second-order valence-corrected chi connectivity index (χ2v) is 6.38. The molecule has 21 heavy (non-hydrogen) atoms. The quantitative estimate of drug-likeness (QED) is 0.878. The molecule has 3 nitrogen and oxygen atoms in total. The highest BCUT2D eigenvalue weighted by Crippen LogP contribution is 2.17. The van der Waals surface area contributed by atoms with Gasteiger partial charge in [-0.3, -0.25) is 4.79 Å². The maximum atomic E-state index is 12.3. The molecule has 2 rings (SSSR count). The van der Waals surface area contributed by atoms with Crippen molar-refractivity contribution in [1.29, 1.82) is 0 Å². The summed E-state index contributed by atoms with van der Waals surface area (Å²) in [5.74, 6) is 0.414. The van der Waals surface area contributed by atoms with E-state index in [-0.39, 0.29) is 29.8 Å². The van der Waals surface area contributed by atoms with E-state index in [9.17, 15) is 4.79 Å². The fourth-order valence-electron chi connectivity index (χ4n) is 2.68. The van der Waals surface area contributed by atoms with Crippen molar-refractivity contribution in [3.63, 3.8) is 0 Å². The predicted octanol–water partition coefficient (Wildman–Crippen LogP) is 2.94. The third-order valence-electron chi connectivity index (χ3n) is 4.05. The molecule has 118 valence electrons. The van der Waals surface area contributed by atoms with E-state index in [0.29, 0.717) is 0 Å². The van der Waals surface area contributed by atoms with Gasteiger partial charge in [-0.15, -0.1) is 12.4 Å². The van der Waals surface area contributed by atoms with Gasteiger partial charge in [0.05, 0.1) is 0 Å². The summed E-state index contributed by atoms with van der Waals surface area (Å²) in [7, 11) is 0. The summed E-state index contributed by atoms with van der Waals surface area (Å²) in [6, 6.07) is 10.5. The van der Waals surface area contributed by atoms with Gasteiger partial charge in [0.1, 0.15) is 0 Å². The molecular weight excluding hydrogens is 284 g/mol. The van der Waals surface area contributed by atoms with Crippen molar-refractivity contribution in [3.05, 3.63) is 35.9 Å². The third kappa shape index (κ3) is 6.06. The molecule has 1 amide bonds. The van der Waals surface area contributed by atoms with Gasteiger partial charge in [0, 0.05) is 11.5 Å². The zero-order valence-electron chi connectivity index (χ0n) is 13.0. The second kappa shape index (κ2) is 8.40. The molecule has 0 aliphatic carbocycles. The number of benzene rings is 1. The zero-order valence-corrected chi connectivity index (χ0v) is 13.8. The number of carbonyl (C=O) groups excluding carboxylic acids is 1. The highest BCUT2D eigenvalue weighted by Gasteiger charge is 2.26. The van der Waals surface area contributed by atoms with Crippen LogP contribution in [0.15, 0.2) is 30.3 Å². The molecule has 1 aliphatic heterocycles. The Morgan fingerprint density at radius 2 is 1.86 bits per heavy atom. The summed E-state index contributed by atoms with van der Waals surface area (Å²) in [5.41, 5.74) is 1.19. The SMILES string of the molecule is CC(C)(CCc1ccccc1)NC(=O)C1CCNCC1.Cl. The van der Waals surface area contributed by atoms with Crippen LogP contribution in [-0.2, 0) is 11.2 Å². The largest absolute Gasteiger partial charge is 0.351 e. The van der Waals surface area contributed by atoms with Crippen molar-refractivity contribution in [2.75, 3.05) is 13.1 Å². The van der Waals surface area contributed by atoms with E-state index in [2.05, 4.69) is 48.7 Å². The fourth-order valence-corrected chi connectivity index (χ4v) is 2.68. The molecule has 1 heterocycles. The van der Waals surface area contributed by atoms with Crippen LogP contribution < -0.4 is 10.6 Å². The number of amides is 1. The van der Waals surface area contributed by atoms with Crippen molar-refractivity contribution < 1.29 is 4.79 Å². The second-order valence-electron chi connectivity index (χ2n) is 6.38. The van der Waals surface area contributed by atoms with Gasteiger partial charge in [0.15, 0.2) is 0 Å². The first-order valence-corrected chi connectivity index (χ1v) is 7.63. The van der Waals surface area contributed by atoms with E-state index in [1.807, 2.05) is 6.07 Å². The Morgan fingerprint density at radius 1 is 1.24 bits per heavy atom. The Kier molecular flexibility index (Phi) is 7.20. The van der Waals surface area contributed by atoms with E-state index < -0.39 is 0 Å². The number of halogens is 1. The maximum Gasteiger partial charge on any atom is 0.223 e. The van der Waals surface area contributed by atoms with Crippen LogP contribution in [0.3, 0.4) is 0 Å². The van der Waals surface area contributed by atoms with Crippen molar-refractivity contribution in [2.45, 2.75) is 45.1 Å². The summed E-state index contributed by atoms with van der Waals surface area (Å²) in [6.07, 6.45) is 3.88. The number of nitrogens with one attached hydrogen (secondary N) is 2. The average Bonchev–Trinajstić information content (AvgIpc) is 2.47. The summed E-state index contributed by atoms with van der Waals surface area (Å²) in [6.45, 7) is 6.16. The molecule has 0 unspecified atom stereocenters. The van der Waals surface area contributed by atoms with Gasteiger partial charge >= 0.3 is 0 Å². The van der Waals surface area contributed by atoms with Crippen LogP contribution in [0.25, 0.3) is 0 Å². The molecule has 0 atom stereocenters. The molecule has 1 aromatic carbocycles. The van der Waals surface area contributed by atoms with Crippen LogP contribution in [0.5, 0.6) is 0 Å².